The van der Waals surface area contributed by atoms with Gasteiger partial charge in [0.15, 0.2) is 12.4 Å². The van der Waals surface area contributed by atoms with Crippen LogP contribution in [0.25, 0.3) is 11.4 Å². The summed E-state index contributed by atoms with van der Waals surface area (Å²) < 4.78 is 83.4. The summed E-state index contributed by atoms with van der Waals surface area (Å²) in [6, 6.07) is 0.621. The van der Waals surface area contributed by atoms with Crippen molar-refractivity contribution in [1.29, 1.82) is 0 Å². The molecule has 1 aliphatic rings. The van der Waals surface area contributed by atoms with E-state index in [2.05, 4.69) is 14.8 Å². The highest BCUT2D eigenvalue weighted by Gasteiger charge is 2.55. The Morgan fingerprint density at radius 1 is 1.23 bits per heavy atom. The second-order valence-electron chi connectivity index (χ2n) is 6.21. The van der Waals surface area contributed by atoms with E-state index in [1.54, 1.807) is 6.92 Å². The van der Waals surface area contributed by atoms with Gasteiger partial charge in [-0.2, -0.15) is 26.3 Å². The SMILES string of the molecule is C[C@H]1Cn2nc(OCC(F)(F)F)cc2-c2cnc(C(C)(O)C(F)(F)F)n21. The molecule has 0 saturated carbocycles. The van der Waals surface area contributed by atoms with Gasteiger partial charge in [-0.3, -0.25) is 4.68 Å². The molecule has 0 fully saturated rings. The maximum absolute atomic E-state index is 13.2. The van der Waals surface area contributed by atoms with Gasteiger partial charge in [-0.25, -0.2) is 4.98 Å². The molecule has 0 aliphatic carbocycles. The molecule has 26 heavy (non-hydrogen) atoms. The topological polar surface area (TPSA) is 65.1 Å². The van der Waals surface area contributed by atoms with Crippen LogP contribution in [0.4, 0.5) is 26.3 Å². The summed E-state index contributed by atoms with van der Waals surface area (Å²) >= 11 is 0. The lowest BCUT2D eigenvalue weighted by molar-refractivity contribution is -0.262. The highest BCUT2D eigenvalue weighted by Crippen LogP contribution is 2.42. The van der Waals surface area contributed by atoms with Gasteiger partial charge in [-0.05, 0) is 13.8 Å². The minimum absolute atomic E-state index is 0.0784. The van der Waals surface area contributed by atoms with Crippen molar-refractivity contribution in [3.63, 3.8) is 0 Å². The fourth-order valence-corrected chi connectivity index (χ4v) is 2.78. The number of fused-ring (bicyclic) bond motifs is 3. The van der Waals surface area contributed by atoms with Crippen LogP contribution in [0.5, 0.6) is 5.88 Å². The Labute approximate surface area is 143 Å². The average Bonchev–Trinajstić information content (AvgIpc) is 3.06. The molecule has 0 radical (unpaired) electrons. The molecule has 1 N–H and O–H groups in total. The lowest BCUT2D eigenvalue weighted by Crippen LogP contribution is -2.42. The van der Waals surface area contributed by atoms with Gasteiger partial charge in [0.25, 0.3) is 0 Å². The largest absolute Gasteiger partial charge is 0.467 e. The fraction of sp³-hybridized carbons (Fsp3) is 0.571. The van der Waals surface area contributed by atoms with Crippen molar-refractivity contribution in [3.05, 3.63) is 18.1 Å². The summed E-state index contributed by atoms with van der Waals surface area (Å²) in [5, 5.41) is 13.8. The Morgan fingerprint density at radius 3 is 2.46 bits per heavy atom. The van der Waals surface area contributed by atoms with Gasteiger partial charge in [0.2, 0.25) is 11.5 Å². The molecule has 3 heterocycles. The molecule has 12 heteroatoms. The normalized spacial score (nSPS) is 19.7. The zero-order valence-electron chi connectivity index (χ0n) is 13.6. The standard InChI is InChI=1S/C14H14F6N4O2/c1-7-5-23-8(3-10(22-23)26-6-13(15,16)17)9-4-21-11(24(7)9)12(2,25)14(18,19)20/h3-4,7,25H,5-6H2,1-2H3/t7-,12?/m0/s1. The third-order valence-corrected chi connectivity index (χ3v) is 4.07. The van der Waals surface area contributed by atoms with Gasteiger partial charge in [0.05, 0.1) is 30.2 Å². The van der Waals surface area contributed by atoms with Crippen molar-refractivity contribution in [1.82, 2.24) is 19.3 Å². The predicted octanol–water partition coefficient (Wildman–Crippen LogP) is 3.03. The van der Waals surface area contributed by atoms with E-state index in [4.69, 9.17) is 0 Å². The fourth-order valence-electron chi connectivity index (χ4n) is 2.78. The van der Waals surface area contributed by atoms with Crippen molar-refractivity contribution in [2.24, 2.45) is 0 Å². The summed E-state index contributed by atoms with van der Waals surface area (Å²) in [5.74, 6) is -0.902. The van der Waals surface area contributed by atoms with Crippen LogP contribution in [-0.2, 0) is 12.1 Å². The van der Waals surface area contributed by atoms with E-state index in [0.29, 0.717) is 6.92 Å². The van der Waals surface area contributed by atoms with E-state index in [1.807, 2.05) is 0 Å². The number of nitrogens with zero attached hydrogens (tertiary/aromatic N) is 4. The van der Waals surface area contributed by atoms with Crippen LogP contribution >= 0.6 is 0 Å². The highest BCUT2D eigenvalue weighted by atomic mass is 19.4. The van der Waals surface area contributed by atoms with Crippen LogP contribution < -0.4 is 4.74 Å². The summed E-state index contributed by atoms with van der Waals surface area (Å²) in [4.78, 5) is 3.71. The van der Waals surface area contributed by atoms with E-state index in [9.17, 15) is 31.4 Å². The molecule has 2 aromatic heterocycles. The number of aliphatic hydroxyl groups is 1. The van der Waals surface area contributed by atoms with Crippen molar-refractivity contribution in [2.45, 2.75) is 44.4 Å². The Kier molecular flexibility index (Phi) is 4.01. The average molecular weight is 384 g/mol. The number of hydrogen-bond acceptors (Lipinski definition) is 4. The smallest absolute Gasteiger partial charge is 0.424 e. The van der Waals surface area contributed by atoms with Gasteiger partial charge >= 0.3 is 12.4 Å². The number of alkyl halides is 6. The van der Waals surface area contributed by atoms with E-state index in [1.165, 1.54) is 15.3 Å². The Hall–Kier alpha value is -2.24. The van der Waals surface area contributed by atoms with Crippen molar-refractivity contribution in [3.8, 4) is 17.3 Å². The first-order valence-electron chi connectivity index (χ1n) is 7.46. The first-order valence-corrected chi connectivity index (χ1v) is 7.46. The Balaban J connectivity index is 2.01. The molecule has 2 aromatic rings. The second kappa shape index (κ2) is 5.63. The van der Waals surface area contributed by atoms with E-state index in [-0.39, 0.29) is 23.8 Å². The first-order chi connectivity index (χ1) is 11.8. The number of hydrogen-bond donors (Lipinski definition) is 1. The predicted molar refractivity (Wildman–Crippen MR) is 75.3 cm³/mol. The van der Waals surface area contributed by atoms with Gasteiger partial charge in [-0.15, -0.1) is 5.10 Å². The van der Waals surface area contributed by atoms with Crippen LogP contribution in [0.2, 0.25) is 0 Å². The van der Waals surface area contributed by atoms with Crippen LogP contribution in [0.3, 0.4) is 0 Å². The van der Waals surface area contributed by atoms with Gasteiger partial charge in [-0.1, -0.05) is 0 Å². The number of aromatic nitrogens is 4. The third-order valence-electron chi connectivity index (χ3n) is 4.07. The third kappa shape index (κ3) is 3.02. The van der Waals surface area contributed by atoms with E-state index < -0.39 is 36.4 Å². The maximum Gasteiger partial charge on any atom is 0.424 e. The monoisotopic (exact) mass is 384 g/mol. The Bertz CT molecular complexity index is 820. The van der Waals surface area contributed by atoms with Crippen molar-refractivity contribution >= 4 is 0 Å². The van der Waals surface area contributed by atoms with Crippen molar-refractivity contribution < 1.29 is 36.2 Å². The molecule has 1 aliphatic heterocycles. The Morgan fingerprint density at radius 2 is 1.88 bits per heavy atom. The summed E-state index contributed by atoms with van der Waals surface area (Å²) in [5.41, 5.74) is -2.74. The number of halogens is 6. The number of ether oxygens (including phenoxy) is 1. The molecule has 144 valence electrons. The van der Waals surface area contributed by atoms with Crippen LogP contribution in [0.15, 0.2) is 12.3 Å². The molecule has 0 amide bonds. The minimum Gasteiger partial charge on any atom is -0.467 e. The van der Waals surface area contributed by atoms with Crippen molar-refractivity contribution in [2.75, 3.05) is 6.61 Å². The summed E-state index contributed by atoms with van der Waals surface area (Å²) in [7, 11) is 0. The molecule has 0 aromatic carbocycles. The van der Waals surface area contributed by atoms with Gasteiger partial charge in [0, 0.05) is 6.07 Å². The summed E-state index contributed by atoms with van der Waals surface area (Å²) in [6.45, 7) is 0.725. The molecule has 6 nitrogen and oxygen atoms in total. The lowest BCUT2D eigenvalue weighted by Gasteiger charge is -2.31. The second-order valence-corrected chi connectivity index (χ2v) is 6.21. The molecule has 0 saturated heterocycles. The van der Waals surface area contributed by atoms with Gasteiger partial charge in [0.1, 0.15) is 0 Å². The first kappa shape index (κ1) is 18.5. The van der Waals surface area contributed by atoms with Gasteiger partial charge < -0.3 is 14.4 Å². The van der Waals surface area contributed by atoms with Crippen LogP contribution in [0, 0.1) is 0 Å². The van der Waals surface area contributed by atoms with Crippen LogP contribution in [0.1, 0.15) is 25.7 Å². The molecule has 2 atom stereocenters. The molecule has 0 spiro atoms. The number of rotatable bonds is 3. The molecule has 1 unspecified atom stereocenters. The maximum atomic E-state index is 13.2. The quantitative estimate of drug-likeness (QED) is 0.827. The molecule has 0 bridgehead atoms. The van der Waals surface area contributed by atoms with E-state index >= 15 is 0 Å². The zero-order chi connectivity index (χ0) is 19.5. The number of imidazole rings is 1. The zero-order valence-corrected chi connectivity index (χ0v) is 13.6. The van der Waals surface area contributed by atoms with E-state index in [0.717, 1.165) is 6.20 Å². The van der Waals surface area contributed by atoms with Crippen LogP contribution in [-0.4, -0.2) is 43.4 Å². The molecular weight excluding hydrogens is 370 g/mol. The highest BCUT2D eigenvalue weighted by molar-refractivity contribution is 5.58. The molecular formula is C14H14F6N4O2. The summed E-state index contributed by atoms with van der Waals surface area (Å²) in [6.07, 6.45) is -8.38. The molecule has 3 rings (SSSR count). The lowest BCUT2D eigenvalue weighted by atomic mass is 10.0. The minimum atomic E-state index is -4.95.